The van der Waals surface area contributed by atoms with Gasteiger partial charge < -0.3 is 0 Å². The molecule has 1 aromatic heterocycles. The Balaban J connectivity index is 0.00000110. The van der Waals surface area contributed by atoms with Crippen molar-refractivity contribution in [3.63, 3.8) is 0 Å². The maximum atomic E-state index is 10.9. The van der Waals surface area contributed by atoms with Crippen LogP contribution in [0.4, 0.5) is 0 Å². The minimum absolute atomic E-state index is 0. The average Bonchev–Trinajstić information content (AvgIpc) is 2.42. The summed E-state index contributed by atoms with van der Waals surface area (Å²) in [7, 11) is 0.172. The van der Waals surface area contributed by atoms with Gasteiger partial charge in [-0.05, 0) is 48.1 Å². The number of aromatic nitrogens is 1. The Morgan fingerprint density at radius 1 is 1.10 bits per heavy atom. The molecule has 2 aromatic rings. The molecule has 1 aliphatic carbocycles. The van der Waals surface area contributed by atoms with Gasteiger partial charge >= 0.3 is 0 Å². The molecular weight excluding hydrogens is 621 g/mol. The van der Waals surface area contributed by atoms with Crippen molar-refractivity contribution in [2.75, 3.05) is 0 Å². The minimum atomic E-state index is 0. The molecule has 21 heavy (non-hydrogen) atoms. The van der Waals surface area contributed by atoms with E-state index in [9.17, 15) is 4.57 Å². The van der Waals surface area contributed by atoms with Crippen molar-refractivity contribution in [2.45, 2.75) is 32.9 Å². The SMILES string of the molecule is Cc1nc2c(c(C)c1CP=O)Cc1ccccc1C2.[W].[W]. The first-order valence-corrected chi connectivity index (χ1v) is 7.54. The number of nitrogens with zero attached hydrogens (tertiary/aromatic N) is 1. The molecule has 0 saturated carbocycles. The van der Waals surface area contributed by atoms with Crippen LogP contribution in [0.2, 0.25) is 0 Å². The molecule has 3 rings (SSSR count). The largest absolute Gasteiger partial charge is 0.275 e. The summed E-state index contributed by atoms with van der Waals surface area (Å²) < 4.78 is 10.9. The average molecular weight is 637 g/mol. The Hall–Kier alpha value is -0.153. The van der Waals surface area contributed by atoms with E-state index in [1.165, 1.54) is 27.9 Å². The summed E-state index contributed by atoms with van der Waals surface area (Å²) in [6.07, 6.45) is 2.44. The third-order valence-electron chi connectivity index (χ3n) is 4.06. The molecule has 0 spiro atoms. The van der Waals surface area contributed by atoms with Crippen LogP contribution in [-0.2, 0) is 65.7 Å². The summed E-state index contributed by atoms with van der Waals surface area (Å²) >= 11 is 0. The molecule has 0 radical (unpaired) electrons. The molecule has 1 heterocycles. The Morgan fingerprint density at radius 2 is 1.71 bits per heavy atom. The predicted octanol–water partition coefficient (Wildman–Crippen LogP) is 3.98. The molecular formula is C16H16NOPW2. The number of rotatable bonds is 2. The first-order valence-electron chi connectivity index (χ1n) is 6.54. The van der Waals surface area contributed by atoms with Gasteiger partial charge in [0.25, 0.3) is 0 Å². The van der Waals surface area contributed by atoms with E-state index in [-0.39, 0.29) is 50.6 Å². The van der Waals surface area contributed by atoms with E-state index in [1.54, 1.807) is 0 Å². The predicted molar refractivity (Wildman–Crippen MR) is 77.1 cm³/mol. The Labute approximate surface area is 155 Å². The molecule has 5 heteroatoms. The van der Waals surface area contributed by atoms with E-state index in [1.807, 2.05) is 6.92 Å². The van der Waals surface area contributed by atoms with Crippen LogP contribution in [0.15, 0.2) is 24.3 Å². The monoisotopic (exact) mass is 637 g/mol. The molecule has 0 aliphatic heterocycles. The van der Waals surface area contributed by atoms with Gasteiger partial charge in [0.05, 0.1) is 6.16 Å². The topological polar surface area (TPSA) is 30.0 Å². The first-order chi connectivity index (χ1) is 9.20. The second-order valence-electron chi connectivity index (χ2n) is 5.14. The summed E-state index contributed by atoms with van der Waals surface area (Å²) in [5.41, 5.74) is 8.77. The van der Waals surface area contributed by atoms with E-state index in [0.29, 0.717) is 6.16 Å². The van der Waals surface area contributed by atoms with Crippen molar-refractivity contribution in [1.82, 2.24) is 4.98 Å². The van der Waals surface area contributed by atoms with Crippen molar-refractivity contribution in [1.29, 1.82) is 0 Å². The van der Waals surface area contributed by atoms with Crippen LogP contribution >= 0.6 is 8.46 Å². The molecule has 2 nitrogen and oxygen atoms in total. The van der Waals surface area contributed by atoms with Crippen molar-refractivity contribution in [3.05, 3.63) is 63.5 Å². The van der Waals surface area contributed by atoms with Crippen molar-refractivity contribution in [3.8, 4) is 0 Å². The normalized spacial score (nSPS) is 11.9. The maximum absolute atomic E-state index is 10.9. The summed E-state index contributed by atoms with van der Waals surface area (Å²) in [6, 6.07) is 8.57. The fraction of sp³-hybridized carbons (Fsp3) is 0.312. The van der Waals surface area contributed by atoms with E-state index in [0.717, 1.165) is 24.1 Å². The van der Waals surface area contributed by atoms with Gasteiger partial charge in [0.15, 0.2) is 8.46 Å². The van der Waals surface area contributed by atoms with Crippen LogP contribution in [-0.4, -0.2) is 4.98 Å². The minimum Gasteiger partial charge on any atom is -0.275 e. The Morgan fingerprint density at radius 3 is 2.33 bits per heavy atom. The molecule has 1 aliphatic rings. The maximum Gasteiger partial charge on any atom is 0.160 e. The molecule has 108 valence electrons. The van der Waals surface area contributed by atoms with Crippen molar-refractivity contribution in [2.24, 2.45) is 0 Å². The quantitative estimate of drug-likeness (QED) is 0.399. The summed E-state index contributed by atoms with van der Waals surface area (Å²) in [5.74, 6) is 0. The number of fused-ring (bicyclic) bond motifs is 2. The van der Waals surface area contributed by atoms with Crippen molar-refractivity contribution < 1.29 is 46.7 Å². The molecule has 1 aromatic carbocycles. The summed E-state index contributed by atoms with van der Waals surface area (Å²) in [5, 5.41) is 0. The van der Waals surface area contributed by atoms with Crippen molar-refractivity contribution >= 4 is 8.46 Å². The standard InChI is InChI=1S/C16H16NOP.2W/c1-10-14-7-12-5-3-4-6-13(12)8-16(14)17-11(2)15(10)9-19-18;;/h3-6H,7-9H2,1-2H3;;. The van der Waals surface area contributed by atoms with E-state index in [4.69, 9.17) is 4.98 Å². The smallest absolute Gasteiger partial charge is 0.160 e. The van der Waals surface area contributed by atoms with E-state index in [2.05, 4.69) is 31.2 Å². The van der Waals surface area contributed by atoms with Gasteiger partial charge in [-0.15, -0.1) is 0 Å². The van der Waals surface area contributed by atoms with E-state index >= 15 is 0 Å². The second-order valence-corrected chi connectivity index (χ2v) is 5.71. The number of hydrogen-bond acceptors (Lipinski definition) is 2. The zero-order valence-corrected chi connectivity index (χ0v) is 18.8. The zero-order chi connectivity index (χ0) is 13.4. The first kappa shape index (κ1) is 18.9. The van der Waals surface area contributed by atoms with Crippen LogP contribution < -0.4 is 0 Å². The Kier molecular flexibility index (Phi) is 7.12. The fourth-order valence-corrected chi connectivity index (χ4v) is 3.55. The third kappa shape index (κ3) is 3.61. The van der Waals surface area contributed by atoms with Crippen LogP contribution in [0.5, 0.6) is 0 Å². The molecule has 0 atom stereocenters. The van der Waals surface area contributed by atoms with Gasteiger partial charge in [-0.2, -0.15) is 0 Å². The van der Waals surface area contributed by atoms with Crippen LogP contribution in [0.3, 0.4) is 0 Å². The van der Waals surface area contributed by atoms with Crippen LogP contribution in [0, 0.1) is 13.8 Å². The summed E-state index contributed by atoms with van der Waals surface area (Å²) in [4.78, 5) is 4.75. The molecule has 0 bridgehead atoms. The number of pyridine rings is 1. The van der Waals surface area contributed by atoms with Crippen LogP contribution in [0.25, 0.3) is 0 Å². The molecule has 0 fully saturated rings. The zero-order valence-electron chi connectivity index (χ0n) is 12.0. The van der Waals surface area contributed by atoms with Gasteiger partial charge in [0, 0.05) is 59.9 Å². The van der Waals surface area contributed by atoms with Gasteiger partial charge in [-0.3, -0.25) is 9.55 Å². The van der Waals surface area contributed by atoms with E-state index < -0.39 is 0 Å². The van der Waals surface area contributed by atoms with Gasteiger partial charge in [-0.25, -0.2) is 0 Å². The number of aryl methyl sites for hydroxylation is 1. The van der Waals surface area contributed by atoms with Gasteiger partial charge in [-0.1, -0.05) is 24.3 Å². The third-order valence-corrected chi connectivity index (χ3v) is 4.50. The molecule has 0 amide bonds. The van der Waals surface area contributed by atoms with Gasteiger partial charge in [0.1, 0.15) is 0 Å². The number of benzene rings is 1. The van der Waals surface area contributed by atoms with Crippen LogP contribution in [0.1, 0.15) is 39.2 Å². The van der Waals surface area contributed by atoms with Gasteiger partial charge in [0.2, 0.25) is 0 Å². The molecule has 0 unspecified atom stereocenters. The molecule has 0 saturated heterocycles. The summed E-state index contributed by atoms with van der Waals surface area (Å²) in [6.45, 7) is 4.16. The fourth-order valence-electron chi connectivity index (χ4n) is 2.96. The Bertz CT molecular complexity index is 674. The second kappa shape index (κ2) is 7.91. The molecule has 0 N–H and O–H groups in total. The number of hydrogen-bond donors (Lipinski definition) is 0.